The third-order valence-electron chi connectivity index (χ3n) is 9.69. The standard InChI is InChI=1S/C35H35FN6O2/c36-25-8-9-27(29(14-25)34(43)41-17-21(16-37)18-41)24-12-31(23-6-7-23)39-32(13-24)42-20-30(22-4-5-22)28-15-26(38-33(28)35(42)44)19-40-10-2-1-3-11-40/h8-9,12-15,20-23,38H,1-7,10-11,17-19H2. The number of carbonyl (C=O) groups is 1. The van der Waals surface area contributed by atoms with Gasteiger partial charge in [-0.05, 0) is 105 Å². The second-order valence-corrected chi connectivity index (χ2v) is 13.1. The number of amides is 1. The first-order chi connectivity index (χ1) is 21.4. The number of fused-ring (bicyclic) bond motifs is 1. The van der Waals surface area contributed by atoms with Gasteiger partial charge < -0.3 is 9.88 Å². The lowest BCUT2D eigenvalue weighted by Gasteiger charge is -2.35. The van der Waals surface area contributed by atoms with E-state index in [1.165, 1.54) is 37.0 Å². The number of halogens is 1. The van der Waals surface area contributed by atoms with Crippen molar-refractivity contribution in [2.75, 3.05) is 26.2 Å². The molecular weight excluding hydrogens is 555 g/mol. The van der Waals surface area contributed by atoms with Gasteiger partial charge in [-0.15, -0.1) is 0 Å². The average Bonchev–Trinajstić information content (AvgIpc) is 3.95. The molecule has 4 aromatic rings. The number of nitrogens with one attached hydrogen (secondary N) is 1. The zero-order valence-electron chi connectivity index (χ0n) is 24.7. The topological polar surface area (TPSA) is 98.0 Å². The molecule has 8 rings (SSSR count). The van der Waals surface area contributed by atoms with Crippen molar-refractivity contribution in [1.29, 1.82) is 5.26 Å². The van der Waals surface area contributed by atoms with Gasteiger partial charge in [-0.1, -0.05) is 12.5 Å². The van der Waals surface area contributed by atoms with Gasteiger partial charge in [0, 0.05) is 48.5 Å². The molecule has 9 heteroatoms. The van der Waals surface area contributed by atoms with Crippen molar-refractivity contribution < 1.29 is 9.18 Å². The van der Waals surface area contributed by atoms with Crippen molar-refractivity contribution in [2.24, 2.45) is 5.92 Å². The molecule has 44 heavy (non-hydrogen) atoms. The minimum absolute atomic E-state index is 0.140. The van der Waals surface area contributed by atoms with E-state index in [0.717, 1.165) is 67.7 Å². The Balaban J connectivity index is 1.23. The minimum atomic E-state index is -0.492. The summed E-state index contributed by atoms with van der Waals surface area (Å²) in [7, 11) is 0. The number of aromatic nitrogens is 3. The van der Waals surface area contributed by atoms with Crippen LogP contribution in [0.15, 0.2) is 47.4 Å². The fourth-order valence-corrected chi connectivity index (χ4v) is 6.87. The Morgan fingerprint density at radius 3 is 2.52 bits per heavy atom. The number of nitrogens with zero attached hydrogens (tertiary/aromatic N) is 5. The van der Waals surface area contributed by atoms with Crippen molar-refractivity contribution >= 4 is 16.8 Å². The number of carbonyl (C=O) groups excluding carboxylic acids is 1. The molecule has 2 saturated carbocycles. The number of hydrogen-bond donors (Lipinski definition) is 1. The van der Waals surface area contributed by atoms with E-state index in [0.29, 0.717) is 41.8 Å². The van der Waals surface area contributed by atoms with E-state index in [-0.39, 0.29) is 22.9 Å². The van der Waals surface area contributed by atoms with Crippen LogP contribution in [0.1, 0.15) is 84.1 Å². The monoisotopic (exact) mass is 590 g/mol. The molecule has 2 aliphatic heterocycles. The van der Waals surface area contributed by atoms with Crippen LogP contribution in [0.2, 0.25) is 0 Å². The molecule has 1 amide bonds. The summed E-state index contributed by atoms with van der Waals surface area (Å²) < 4.78 is 16.2. The quantitative estimate of drug-likeness (QED) is 0.291. The lowest BCUT2D eigenvalue weighted by atomic mass is 9.95. The molecule has 1 aromatic carbocycles. The van der Waals surface area contributed by atoms with Crippen molar-refractivity contribution in [3.63, 3.8) is 0 Å². The van der Waals surface area contributed by atoms with Crippen molar-refractivity contribution in [3.05, 3.63) is 81.3 Å². The van der Waals surface area contributed by atoms with Crippen LogP contribution in [-0.4, -0.2) is 56.4 Å². The highest BCUT2D eigenvalue weighted by atomic mass is 19.1. The maximum absolute atomic E-state index is 14.5. The SMILES string of the molecule is N#CC1CN(C(=O)c2cc(F)ccc2-c2cc(C3CC3)nc(-n3cc(C4CC4)c4cc(CN5CCCCC5)[nH]c4c3=O)c2)C1. The first-order valence-electron chi connectivity index (χ1n) is 16.0. The van der Waals surface area contributed by atoms with E-state index in [2.05, 4.69) is 22.0 Å². The van der Waals surface area contributed by atoms with Gasteiger partial charge >= 0.3 is 0 Å². The largest absolute Gasteiger partial charge is 0.353 e. The summed E-state index contributed by atoms with van der Waals surface area (Å²) in [6, 6.07) is 12.5. The van der Waals surface area contributed by atoms with E-state index < -0.39 is 5.82 Å². The summed E-state index contributed by atoms with van der Waals surface area (Å²) in [5, 5.41) is 10.2. The molecule has 0 bridgehead atoms. The predicted octanol–water partition coefficient (Wildman–Crippen LogP) is 5.86. The van der Waals surface area contributed by atoms with Gasteiger partial charge in [0.05, 0.1) is 17.6 Å². The molecule has 2 saturated heterocycles. The van der Waals surface area contributed by atoms with Gasteiger partial charge in [0.1, 0.15) is 17.2 Å². The van der Waals surface area contributed by atoms with E-state index >= 15 is 0 Å². The number of piperidine rings is 1. The highest BCUT2D eigenvalue weighted by Gasteiger charge is 2.33. The van der Waals surface area contributed by atoms with E-state index in [1.54, 1.807) is 15.5 Å². The Morgan fingerprint density at radius 1 is 1.02 bits per heavy atom. The zero-order valence-corrected chi connectivity index (χ0v) is 24.7. The molecule has 0 radical (unpaired) electrons. The van der Waals surface area contributed by atoms with Gasteiger partial charge in [-0.3, -0.25) is 19.1 Å². The summed E-state index contributed by atoms with van der Waals surface area (Å²) >= 11 is 0. The van der Waals surface area contributed by atoms with E-state index in [4.69, 9.17) is 4.98 Å². The van der Waals surface area contributed by atoms with Gasteiger partial charge in [0.25, 0.3) is 11.5 Å². The molecule has 1 N–H and O–H groups in total. The van der Waals surface area contributed by atoms with E-state index in [1.807, 2.05) is 18.3 Å². The second kappa shape index (κ2) is 10.7. The number of aromatic amines is 1. The third kappa shape index (κ3) is 5.01. The molecular formula is C35H35FN6O2. The number of benzene rings is 1. The summed E-state index contributed by atoms with van der Waals surface area (Å²) in [4.78, 5) is 40.1. The first-order valence-corrected chi connectivity index (χ1v) is 16.0. The molecule has 0 spiro atoms. The second-order valence-electron chi connectivity index (χ2n) is 13.1. The fraction of sp³-hybridized carbons (Fsp3) is 0.429. The van der Waals surface area contributed by atoms with Crippen LogP contribution >= 0.6 is 0 Å². The predicted molar refractivity (Wildman–Crippen MR) is 165 cm³/mol. The molecule has 224 valence electrons. The molecule has 5 heterocycles. The molecule has 4 aliphatic rings. The maximum atomic E-state index is 14.5. The van der Waals surface area contributed by atoms with Crippen LogP contribution in [0.3, 0.4) is 0 Å². The Kier molecular flexibility index (Phi) is 6.64. The van der Waals surface area contributed by atoms with Gasteiger partial charge in [-0.2, -0.15) is 5.26 Å². The van der Waals surface area contributed by atoms with Crippen LogP contribution in [0.5, 0.6) is 0 Å². The number of likely N-dealkylation sites (tertiary alicyclic amines) is 2. The Labute approximate surface area is 255 Å². The first kappa shape index (κ1) is 27.3. The molecule has 3 aromatic heterocycles. The van der Waals surface area contributed by atoms with Gasteiger partial charge in [0.15, 0.2) is 0 Å². The molecule has 0 unspecified atom stereocenters. The van der Waals surface area contributed by atoms with E-state index in [9.17, 15) is 19.2 Å². The minimum Gasteiger partial charge on any atom is -0.353 e. The third-order valence-corrected chi connectivity index (χ3v) is 9.69. The maximum Gasteiger partial charge on any atom is 0.280 e. The van der Waals surface area contributed by atoms with Gasteiger partial charge in [-0.25, -0.2) is 9.37 Å². The summed E-state index contributed by atoms with van der Waals surface area (Å²) in [6.07, 6.45) is 9.93. The zero-order chi connectivity index (χ0) is 29.9. The van der Waals surface area contributed by atoms with Crippen LogP contribution in [-0.2, 0) is 6.54 Å². The molecule has 0 atom stereocenters. The van der Waals surface area contributed by atoms with Crippen molar-refractivity contribution in [2.45, 2.75) is 63.3 Å². The number of H-pyrrole nitrogens is 1. The Bertz CT molecular complexity index is 1880. The lowest BCUT2D eigenvalue weighted by molar-refractivity contribution is 0.0577. The highest BCUT2D eigenvalue weighted by molar-refractivity contribution is 6.01. The number of rotatable bonds is 7. The van der Waals surface area contributed by atoms with Crippen molar-refractivity contribution in [3.8, 4) is 23.0 Å². The smallest absolute Gasteiger partial charge is 0.280 e. The highest BCUT2D eigenvalue weighted by Crippen LogP contribution is 2.44. The normalized spacial score (nSPS) is 19.2. The molecule has 2 aliphatic carbocycles. The number of hydrogen-bond acceptors (Lipinski definition) is 5. The molecule has 8 nitrogen and oxygen atoms in total. The Morgan fingerprint density at radius 2 is 1.80 bits per heavy atom. The van der Waals surface area contributed by atoms with Crippen LogP contribution in [0.4, 0.5) is 4.39 Å². The average molecular weight is 591 g/mol. The van der Waals surface area contributed by atoms with Crippen LogP contribution in [0.25, 0.3) is 27.8 Å². The summed E-state index contributed by atoms with van der Waals surface area (Å²) in [6.45, 7) is 3.66. The molecule has 4 fully saturated rings. The lowest BCUT2D eigenvalue weighted by Crippen LogP contribution is -2.49. The van der Waals surface area contributed by atoms with Crippen molar-refractivity contribution in [1.82, 2.24) is 24.3 Å². The van der Waals surface area contributed by atoms with Crippen LogP contribution < -0.4 is 5.56 Å². The fourth-order valence-electron chi connectivity index (χ4n) is 6.87. The summed E-state index contributed by atoms with van der Waals surface area (Å²) in [5.74, 6) is 0.254. The van der Waals surface area contributed by atoms with Gasteiger partial charge in [0.2, 0.25) is 0 Å². The Hall–Kier alpha value is -4.29. The number of nitriles is 1. The van der Waals surface area contributed by atoms with Crippen LogP contribution in [0, 0.1) is 23.1 Å². The summed E-state index contributed by atoms with van der Waals surface area (Å²) in [5.41, 5.74) is 5.18. The number of pyridine rings is 2.